The average Bonchev–Trinajstić information content (AvgIpc) is 2.69. The van der Waals surface area contributed by atoms with Crippen LogP contribution in [0, 0.1) is 0 Å². The first-order valence-electron chi connectivity index (χ1n) is 5.81. The molecule has 0 amide bonds. The summed E-state index contributed by atoms with van der Waals surface area (Å²) in [6.45, 7) is 8.08. The van der Waals surface area contributed by atoms with Crippen LogP contribution in [0.5, 0.6) is 0 Å². The van der Waals surface area contributed by atoms with Crippen molar-refractivity contribution < 1.29 is 0 Å². The lowest BCUT2D eigenvalue weighted by atomic mass is 9.76. The van der Waals surface area contributed by atoms with Crippen LogP contribution in [0.1, 0.15) is 24.0 Å². The van der Waals surface area contributed by atoms with Crippen LogP contribution in [0.25, 0.3) is 0 Å². The molecule has 1 nitrogen and oxygen atoms in total. The van der Waals surface area contributed by atoms with E-state index in [1.54, 1.807) is 0 Å². The Hall–Kier alpha value is -1.50. The predicted octanol–water partition coefficient (Wildman–Crippen LogP) is 3.18. The largest absolute Gasteiger partial charge is 0.391 e. The first kappa shape index (κ1) is 11.0. The number of nitrogens with one attached hydrogen (secondary N) is 1. The fourth-order valence-corrected chi connectivity index (χ4v) is 2.82. The molecule has 2 rings (SSSR count). The minimum Gasteiger partial charge on any atom is -0.391 e. The highest BCUT2D eigenvalue weighted by atomic mass is 14.9. The Morgan fingerprint density at radius 1 is 1.50 bits per heavy atom. The molecule has 84 valence electrons. The van der Waals surface area contributed by atoms with Crippen LogP contribution in [0.4, 0.5) is 0 Å². The fourth-order valence-electron chi connectivity index (χ4n) is 2.82. The average molecular weight is 213 g/mol. The van der Waals surface area contributed by atoms with Gasteiger partial charge in [0, 0.05) is 18.2 Å². The van der Waals surface area contributed by atoms with Crippen molar-refractivity contribution in [2.24, 2.45) is 0 Å². The van der Waals surface area contributed by atoms with Gasteiger partial charge in [-0.2, -0.15) is 0 Å². The SMILES string of the molecule is C=CCC1(C(=C)NC)CCc2ccccc21. The summed E-state index contributed by atoms with van der Waals surface area (Å²) in [7, 11) is 1.95. The van der Waals surface area contributed by atoms with E-state index in [-0.39, 0.29) is 5.41 Å². The highest BCUT2D eigenvalue weighted by Crippen LogP contribution is 2.45. The maximum Gasteiger partial charge on any atom is 0.0384 e. The molecule has 1 aromatic rings. The minimum atomic E-state index is 0.0626. The number of hydrogen-bond acceptors (Lipinski definition) is 1. The van der Waals surface area contributed by atoms with Crippen molar-refractivity contribution in [3.05, 3.63) is 60.3 Å². The van der Waals surface area contributed by atoms with Crippen LogP contribution in [-0.2, 0) is 11.8 Å². The summed E-state index contributed by atoms with van der Waals surface area (Å²) >= 11 is 0. The van der Waals surface area contributed by atoms with E-state index in [9.17, 15) is 0 Å². The summed E-state index contributed by atoms with van der Waals surface area (Å²) in [5, 5.41) is 3.23. The standard InChI is InChI=1S/C15H19N/c1-4-10-15(12(2)16-3)11-9-13-7-5-6-8-14(13)15/h4-8,16H,1-2,9-11H2,3H3. The third kappa shape index (κ3) is 1.47. The maximum absolute atomic E-state index is 4.19. The first-order valence-corrected chi connectivity index (χ1v) is 5.81. The van der Waals surface area contributed by atoms with E-state index in [0.29, 0.717) is 0 Å². The van der Waals surface area contributed by atoms with Crippen molar-refractivity contribution >= 4 is 0 Å². The molecule has 1 aliphatic carbocycles. The molecule has 0 aromatic heterocycles. The Bertz CT molecular complexity index is 419. The predicted molar refractivity (Wildman–Crippen MR) is 69.5 cm³/mol. The molecule has 1 heteroatoms. The van der Waals surface area contributed by atoms with Crippen LogP contribution in [0.15, 0.2) is 49.2 Å². The monoisotopic (exact) mass is 213 g/mol. The van der Waals surface area contributed by atoms with Crippen molar-refractivity contribution in [1.82, 2.24) is 5.32 Å². The van der Waals surface area contributed by atoms with Crippen molar-refractivity contribution in [2.45, 2.75) is 24.7 Å². The Morgan fingerprint density at radius 2 is 2.25 bits per heavy atom. The van der Waals surface area contributed by atoms with Crippen LogP contribution in [-0.4, -0.2) is 7.05 Å². The second-order valence-electron chi connectivity index (χ2n) is 4.46. The fraction of sp³-hybridized carbons (Fsp3) is 0.333. The second-order valence-corrected chi connectivity index (χ2v) is 4.46. The van der Waals surface area contributed by atoms with E-state index < -0.39 is 0 Å². The van der Waals surface area contributed by atoms with Gasteiger partial charge in [0.05, 0.1) is 0 Å². The third-order valence-corrected chi connectivity index (χ3v) is 3.73. The van der Waals surface area contributed by atoms with Crippen LogP contribution in [0.2, 0.25) is 0 Å². The number of fused-ring (bicyclic) bond motifs is 1. The normalized spacial score (nSPS) is 22.6. The maximum atomic E-state index is 4.19. The van der Waals surface area contributed by atoms with Gasteiger partial charge in [0.25, 0.3) is 0 Å². The van der Waals surface area contributed by atoms with Crippen LogP contribution < -0.4 is 5.32 Å². The molecule has 0 heterocycles. The van der Waals surface area contributed by atoms with Crippen molar-refractivity contribution in [2.75, 3.05) is 7.05 Å². The molecule has 1 atom stereocenters. The summed E-state index contributed by atoms with van der Waals surface area (Å²) in [6.07, 6.45) is 5.25. The third-order valence-electron chi connectivity index (χ3n) is 3.73. The van der Waals surface area contributed by atoms with Crippen LogP contribution in [0.3, 0.4) is 0 Å². The molecule has 0 radical (unpaired) electrons. The van der Waals surface area contributed by atoms with Gasteiger partial charge in [0.1, 0.15) is 0 Å². The lowest BCUT2D eigenvalue weighted by Gasteiger charge is -2.31. The molecule has 1 aromatic carbocycles. The van der Waals surface area contributed by atoms with Gasteiger partial charge in [-0.1, -0.05) is 36.9 Å². The molecule has 0 spiro atoms. The molecule has 0 fully saturated rings. The summed E-state index contributed by atoms with van der Waals surface area (Å²) in [4.78, 5) is 0. The van der Waals surface area contributed by atoms with E-state index in [1.807, 2.05) is 13.1 Å². The molecular weight excluding hydrogens is 194 g/mol. The zero-order valence-electron chi connectivity index (χ0n) is 9.92. The number of hydrogen-bond donors (Lipinski definition) is 1. The van der Waals surface area contributed by atoms with Crippen LogP contribution >= 0.6 is 0 Å². The zero-order valence-corrected chi connectivity index (χ0v) is 9.92. The summed E-state index contributed by atoms with van der Waals surface area (Å²) in [6, 6.07) is 8.69. The van der Waals surface area contributed by atoms with E-state index in [0.717, 1.165) is 25.0 Å². The molecule has 0 saturated heterocycles. The van der Waals surface area contributed by atoms with E-state index >= 15 is 0 Å². The molecule has 1 N–H and O–H groups in total. The van der Waals surface area contributed by atoms with E-state index in [2.05, 4.69) is 42.7 Å². The Morgan fingerprint density at radius 3 is 2.94 bits per heavy atom. The van der Waals surface area contributed by atoms with E-state index in [1.165, 1.54) is 11.1 Å². The number of likely N-dealkylation sites (N-methyl/N-ethyl adjacent to an activating group) is 1. The van der Waals surface area contributed by atoms with Gasteiger partial charge in [-0.25, -0.2) is 0 Å². The quantitative estimate of drug-likeness (QED) is 0.757. The second kappa shape index (κ2) is 4.17. The van der Waals surface area contributed by atoms with E-state index in [4.69, 9.17) is 0 Å². The Labute approximate surface area is 97.9 Å². The topological polar surface area (TPSA) is 12.0 Å². The minimum absolute atomic E-state index is 0.0626. The number of aryl methyl sites for hydroxylation is 1. The van der Waals surface area contributed by atoms with Gasteiger partial charge in [-0.15, -0.1) is 6.58 Å². The van der Waals surface area contributed by atoms with Gasteiger partial charge in [-0.05, 0) is 30.4 Å². The summed E-state index contributed by atoms with van der Waals surface area (Å²) in [5.41, 5.74) is 4.06. The Balaban J connectivity index is 2.50. The highest BCUT2D eigenvalue weighted by molar-refractivity contribution is 5.45. The van der Waals surface area contributed by atoms with Gasteiger partial charge in [0.15, 0.2) is 0 Å². The number of rotatable bonds is 4. The molecule has 1 aliphatic rings. The highest BCUT2D eigenvalue weighted by Gasteiger charge is 2.39. The van der Waals surface area contributed by atoms with Crippen molar-refractivity contribution in [3.63, 3.8) is 0 Å². The van der Waals surface area contributed by atoms with Gasteiger partial charge < -0.3 is 5.32 Å². The van der Waals surface area contributed by atoms with Gasteiger partial charge in [-0.3, -0.25) is 0 Å². The van der Waals surface area contributed by atoms with Crippen molar-refractivity contribution in [1.29, 1.82) is 0 Å². The summed E-state index contributed by atoms with van der Waals surface area (Å²) in [5.74, 6) is 0. The zero-order chi connectivity index (χ0) is 11.6. The Kier molecular flexibility index (Phi) is 2.86. The molecular formula is C15H19N. The molecule has 16 heavy (non-hydrogen) atoms. The van der Waals surface area contributed by atoms with Gasteiger partial charge >= 0.3 is 0 Å². The smallest absolute Gasteiger partial charge is 0.0384 e. The molecule has 1 unspecified atom stereocenters. The van der Waals surface area contributed by atoms with Gasteiger partial charge in [0.2, 0.25) is 0 Å². The lowest BCUT2D eigenvalue weighted by molar-refractivity contribution is 0.481. The molecule has 0 bridgehead atoms. The molecule has 0 aliphatic heterocycles. The number of benzene rings is 1. The first-order chi connectivity index (χ1) is 7.74. The molecule has 0 saturated carbocycles. The lowest BCUT2D eigenvalue weighted by Crippen LogP contribution is -2.31. The number of allylic oxidation sites excluding steroid dienone is 2. The summed E-state index contributed by atoms with van der Waals surface area (Å²) < 4.78 is 0. The van der Waals surface area contributed by atoms with Crippen molar-refractivity contribution in [3.8, 4) is 0 Å².